The Hall–Kier alpha value is -4.52. The van der Waals surface area contributed by atoms with Gasteiger partial charge in [0.25, 0.3) is 5.91 Å². The van der Waals surface area contributed by atoms with E-state index < -0.39 is 0 Å². The van der Waals surface area contributed by atoms with Crippen LogP contribution in [0.15, 0.2) is 84.9 Å². The number of carbonyl (C=O) groups excluding carboxylic acids is 1. The van der Waals surface area contributed by atoms with Crippen molar-refractivity contribution < 1.29 is 13.9 Å². The van der Waals surface area contributed by atoms with Crippen LogP contribution in [0.4, 0.5) is 4.39 Å². The van der Waals surface area contributed by atoms with Crippen LogP contribution in [0, 0.1) is 5.82 Å². The fourth-order valence-corrected chi connectivity index (χ4v) is 3.81. The van der Waals surface area contributed by atoms with Crippen LogP contribution in [0.3, 0.4) is 0 Å². The summed E-state index contributed by atoms with van der Waals surface area (Å²) in [6, 6.07) is 24.9. The molecule has 0 bridgehead atoms. The second kappa shape index (κ2) is 9.15. The van der Waals surface area contributed by atoms with Gasteiger partial charge >= 0.3 is 0 Å². The topological polar surface area (TPSA) is 79.9 Å². The van der Waals surface area contributed by atoms with Crippen molar-refractivity contribution in [2.24, 2.45) is 0 Å². The maximum Gasteiger partial charge on any atom is 0.252 e. The molecule has 2 aromatic heterocycles. The Morgan fingerprint density at radius 2 is 1.68 bits per heavy atom. The Morgan fingerprint density at radius 3 is 2.38 bits per heavy atom. The van der Waals surface area contributed by atoms with Crippen molar-refractivity contribution in [1.82, 2.24) is 20.5 Å². The van der Waals surface area contributed by atoms with E-state index in [4.69, 9.17) is 4.74 Å². The standard InChI is InChI=1S/C27H21FN4O2/c1-34-21-13-9-19(10-14-21)25-24-22(27(33)29-16-17-5-3-2-4-6-17)15-23(30-26(24)32-31-25)18-7-11-20(28)12-8-18/h2-15H,16H2,1H3,(H,29,33)(H,30,31,32). The number of fused-ring (bicyclic) bond motifs is 1. The zero-order chi connectivity index (χ0) is 23.5. The highest BCUT2D eigenvalue weighted by Gasteiger charge is 2.20. The third-order valence-electron chi connectivity index (χ3n) is 5.58. The van der Waals surface area contributed by atoms with Crippen molar-refractivity contribution in [2.45, 2.75) is 6.54 Å². The van der Waals surface area contributed by atoms with Gasteiger partial charge in [-0.1, -0.05) is 30.3 Å². The molecule has 0 unspecified atom stereocenters. The highest BCUT2D eigenvalue weighted by atomic mass is 19.1. The number of ether oxygens (including phenoxy) is 1. The lowest BCUT2D eigenvalue weighted by Crippen LogP contribution is -2.23. The van der Waals surface area contributed by atoms with Gasteiger partial charge in [0.2, 0.25) is 0 Å². The molecule has 34 heavy (non-hydrogen) atoms. The molecular formula is C27H21FN4O2. The van der Waals surface area contributed by atoms with E-state index in [0.29, 0.717) is 40.1 Å². The van der Waals surface area contributed by atoms with Crippen LogP contribution in [-0.4, -0.2) is 28.2 Å². The molecule has 5 rings (SSSR count). The molecule has 0 fully saturated rings. The van der Waals surface area contributed by atoms with Crippen LogP contribution in [0.5, 0.6) is 5.75 Å². The molecule has 2 N–H and O–H groups in total. The van der Waals surface area contributed by atoms with Gasteiger partial charge in [0.15, 0.2) is 5.65 Å². The number of hydrogen-bond donors (Lipinski definition) is 2. The number of methoxy groups -OCH3 is 1. The molecule has 0 aliphatic rings. The van der Waals surface area contributed by atoms with Crippen LogP contribution >= 0.6 is 0 Å². The van der Waals surface area contributed by atoms with Gasteiger partial charge in [0, 0.05) is 17.7 Å². The van der Waals surface area contributed by atoms with E-state index in [2.05, 4.69) is 20.5 Å². The number of hydrogen-bond acceptors (Lipinski definition) is 4. The Morgan fingerprint density at radius 1 is 0.971 bits per heavy atom. The van der Waals surface area contributed by atoms with Crippen molar-refractivity contribution in [3.63, 3.8) is 0 Å². The van der Waals surface area contributed by atoms with Crippen LogP contribution in [0.25, 0.3) is 33.5 Å². The predicted molar refractivity (Wildman–Crippen MR) is 129 cm³/mol. The van der Waals surface area contributed by atoms with E-state index in [1.165, 1.54) is 12.1 Å². The number of rotatable bonds is 6. The number of aromatic amines is 1. The predicted octanol–water partition coefficient (Wildman–Crippen LogP) is 5.37. The van der Waals surface area contributed by atoms with E-state index in [-0.39, 0.29) is 11.7 Å². The monoisotopic (exact) mass is 452 g/mol. The largest absolute Gasteiger partial charge is 0.497 e. The molecule has 1 amide bonds. The minimum Gasteiger partial charge on any atom is -0.497 e. The van der Waals surface area contributed by atoms with Gasteiger partial charge in [-0.3, -0.25) is 9.89 Å². The summed E-state index contributed by atoms with van der Waals surface area (Å²) in [7, 11) is 1.61. The molecule has 168 valence electrons. The van der Waals surface area contributed by atoms with Gasteiger partial charge in [-0.2, -0.15) is 5.10 Å². The number of nitrogens with zero attached hydrogens (tertiary/aromatic N) is 2. The number of halogens is 1. The second-order valence-corrected chi connectivity index (χ2v) is 7.76. The van der Waals surface area contributed by atoms with Gasteiger partial charge in [-0.05, 0) is 60.2 Å². The van der Waals surface area contributed by atoms with Crippen LogP contribution in [0.2, 0.25) is 0 Å². The molecule has 0 aliphatic heterocycles. The summed E-state index contributed by atoms with van der Waals surface area (Å²) in [5, 5.41) is 11.0. The average Bonchev–Trinajstić information content (AvgIpc) is 3.32. The summed E-state index contributed by atoms with van der Waals surface area (Å²) in [4.78, 5) is 18.0. The highest BCUT2D eigenvalue weighted by molar-refractivity contribution is 6.11. The molecule has 0 saturated carbocycles. The maximum absolute atomic E-state index is 13.5. The molecule has 0 atom stereocenters. The number of benzene rings is 3. The van der Waals surface area contributed by atoms with E-state index in [0.717, 1.165) is 16.9 Å². The lowest BCUT2D eigenvalue weighted by molar-refractivity contribution is 0.0952. The molecule has 2 heterocycles. The number of nitrogens with one attached hydrogen (secondary N) is 2. The number of aromatic nitrogens is 3. The molecular weight excluding hydrogens is 431 g/mol. The van der Waals surface area contributed by atoms with Gasteiger partial charge < -0.3 is 10.1 Å². The van der Waals surface area contributed by atoms with Crippen molar-refractivity contribution in [3.05, 3.63) is 102 Å². The first-order valence-electron chi connectivity index (χ1n) is 10.7. The van der Waals surface area contributed by atoms with Gasteiger partial charge in [0.1, 0.15) is 11.6 Å². The average molecular weight is 452 g/mol. The van der Waals surface area contributed by atoms with Crippen molar-refractivity contribution in [1.29, 1.82) is 0 Å². The first-order chi connectivity index (χ1) is 16.6. The molecule has 5 aromatic rings. The fourth-order valence-electron chi connectivity index (χ4n) is 3.81. The van der Waals surface area contributed by atoms with Gasteiger partial charge in [-0.15, -0.1) is 0 Å². The quantitative estimate of drug-likeness (QED) is 0.363. The minimum atomic E-state index is -0.341. The van der Waals surface area contributed by atoms with E-state index in [9.17, 15) is 9.18 Å². The van der Waals surface area contributed by atoms with Crippen LogP contribution in [0.1, 0.15) is 15.9 Å². The Kier molecular flexibility index (Phi) is 5.74. The molecule has 0 spiro atoms. The molecule has 0 radical (unpaired) electrons. The lowest BCUT2D eigenvalue weighted by atomic mass is 10.0. The summed E-state index contributed by atoms with van der Waals surface area (Å²) >= 11 is 0. The molecule has 7 heteroatoms. The van der Waals surface area contributed by atoms with Crippen LogP contribution < -0.4 is 10.1 Å². The molecule has 0 saturated heterocycles. The lowest BCUT2D eigenvalue weighted by Gasteiger charge is -2.10. The highest BCUT2D eigenvalue weighted by Crippen LogP contribution is 2.32. The number of pyridine rings is 1. The third-order valence-corrected chi connectivity index (χ3v) is 5.58. The zero-order valence-electron chi connectivity index (χ0n) is 18.4. The summed E-state index contributed by atoms with van der Waals surface area (Å²) in [5.74, 6) is 0.133. The Balaban J connectivity index is 1.61. The van der Waals surface area contributed by atoms with Crippen molar-refractivity contribution >= 4 is 16.9 Å². The summed E-state index contributed by atoms with van der Waals surface area (Å²) in [5.41, 5.74) is 4.57. The number of amides is 1. The van der Waals surface area contributed by atoms with Gasteiger partial charge in [-0.25, -0.2) is 9.37 Å². The summed E-state index contributed by atoms with van der Waals surface area (Å²) in [6.45, 7) is 0.380. The normalized spacial score (nSPS) is 10.9. The first kappa shape index (κ1) is 21.3. The minimum absolute atomic E-state index is 0.254. The molecule has 6 nitrogen and oxygen atoms in total. The van der Waals surface area contributed by atoms with E-state index >= 15 is 0 Å². The summed E-state index contributed by atoms with van der Waals surface area (Å²) < 4.78 is 18.7. The van der Waals surface area contributed by atoms with E-state index in [1.54, 1.807) is 25.3 Å². The SMILES string of the molecule is COc1ccc(-c2[nH]nc3nc(-c4ccc(F)cc4)cc(C(=O)NCc4ccccc4)c23)cc1. The Labute approximate surface area is 195 Å². The molecule has 0 aliphatic carbocycles. The second-order valence-electron chi connectivity index (χ2n) is 7.76. The van der Waals surface area contributed by atoms with Crippen LogP contribution in [-0.2, 0) is 6.54 Å². The van der Waals surface area contributed by atoms with E-state index in [1.807, 2.05) is 54.6 Å². The smallest absolute Gasteiger partial charge is 0.252 e. The Bertz CT molecular complexity index is 1450. The third kappa shape index (κ3) is 4.23. The van der Waals surface area contributed by atoms with Crippen molar-refractivity contribution in [3.8, 4) is 28.3 Å². The van der Waals surface area contributed by atoms with Crippen molar-refractivity contribution in [2.75, 3.05) is 7.11 Å². The number of H-pyrrole nitrogens is 1. The zero-order valence-corrected chi connectivity index (χ0v) is 18.4. The molecule has 3 aromatic carbocycles. The van der Waals surface area contributed by atoms with Gasteiger partial charge in [0.05, 0.1) is 29.4 Å². The first-order valence-corrected chi connectivity index (χ1v) is 10.7. The number of carbonyl (C=O) groups is 1. The fraction of sp³-hybridized carbons (Fsp3) is 0.0741. The summed E-state index contributed by atoms with van der Waals surface area (Å²) in [6.07, 6.45) is 0. The maximum atomic E-state index is 13.5.